The summed E-state index contributed by atoms with van der Waals surface area (Å²) >= 11 is 0. The van der Waals surface area contributed by atoms with E-state index in [0.29, 0.717) is 29.9 Å². The van der Waals surface area contributed by atoms with Crippen LogP contribution in [0.25, 0.3) is 11.0 Å². The Kier molecular flexibility index (Phi) is 8.07. The Morgan fingerprint density at radius 3 is 2.29 bits per heavy atom. The van der Waals surface area contributed by atoms with E-state index >= 15 is 0 Å². The molecule has 38 heavy (non-hydrogen) atoms. The fourth-order valence-electron chi connectivity index (χ4n) is 5.49. The van der Waals surface area contributed by atoms with Crippen molar-refractivity contribution < 1.29 is 13.2 Å². The van der Waals surface area contributed by atoms with Crippen LogP contribution < -0.4 is 10.6 Å². The third kappa shape index (κ3) is 5.25. The number of fused-ring (bicyclic) bond motifs is 1. The molecular formula is C28H33F3N6O. The van der Waals surface area contributed by atoms with Crippen LogP contribution in [-0.4, -0.2) is 44.6 Å². The van der Waals surface area contributed by atoms with E-state index in [0.717, 1.165) is 31.2 Å². The van der Waals surface area contributed by atoms with Gasteiger partial charge in [-0.3, -0.25) is 9.47 Å². The number of benzene rings is 1. The number of nitriles is 1. The molecule has 4 rings (SSSR count). The van der Waals surface area contributed by atoms with Crippen LogP contribution in [0, 0.1) is 11.3 Å². The van der Waals surface area contributed by atoms with Crippen LogP contribution in [0.2, 0.25) is 0 Å². The molecule has 1 saturated heterocycles. The second-order valence-electron chi connectivity index (χ2n) is 9.85. The lowest BCUT2D eigenvalue weighted by molar-refractivity contribution is -0.137. The predicted molar refractivity (Wildman–Crippen MR) is 141 cm³/mol. The van der Waals surface area contributed by atoms with Crippen molar-refractivity contribution in [3.63, 3.8) is 0 Å². The number of aromatic nitrogens is 3. The minimum atomic E-state index is -4.37. The Morgan fingerprint density at radius 1 is 1.03 bits per heavy atom. The first kappa shape index (κ1) is 27.6. The highest BCUT2D eigenvalue weighted by atomic mass is 19.4. The molecule has 0 unspecified atom stereocenters. The summed E-state index contributed by atoms with van der Waals surface area (Å²) in [5.74, 6) is 0.478. The normalized spacial score (nSPS) is 19.5. The van der Waals surface area contributed by atoms with Gasteiger partial charge in [0.15, 0.2) is 5.82 Å². The average Bonchev–Trinajstić information content (AvgIpc) is 2.92. The molecule has 202 valence electrons. The molecule has 0 amide bonds. The monoisotopic (exact) mass is 526 g/mol. The molecule has 0 bridgehead atoms. The molecule has 10 heteroatoms. The number of pyridine rings is 1. The Bertz CT molecular complexity index is 1380. The van der Waals surface area contributed by atoms with Gasteiger partial charge in [0.05, 0.1) is 11.1 Å². The highest BCUT2D eigenvalue weighted by molar-refractivity contribution is 5.86. The van der Waals surface area contributed by atoms with Crippen LogP contribution in [0.3, 0.4) is 0 Å². The van der Waals surface area contributed by atoms with Gasteiger partial charge in [-0.15, -0.1) is 0 Å². The number of anilines is 1. The van der Waals surface area contributed by atoms with Crippen molar-refractivity contribution in [2.24, 2.45) is 7.05 Å². The molecule has 2 aromatic heterocycles. The first-order chi connectivity index (χ1) is 18.1. The molecule has 0 N–H and O–H groups in total. The Labute approximate surface area is 220 Å². The molecule has 1 aromatic carbocycles. The van der Waals surface area contributed by atoms with Gasteiger partial charge >= 0.3 is 11.9 Å². The Morgan fingerprint density at radius 2 is 1.71 bits per heavy atom. The van der Waals surface area contributed by atoms with Gasteiger partial charge < -0.3 is 4.90 Å². The summed E-state index contributed by atoms with van der Waals surface area (Å²) < 4.78 is 41.0. The van der Waals surface area contributed by atoms with E-state index in [2.05, 4.69) is 46.6 Å². The minimum absolute atomic E-state index is 0.00181. The topological polar surface area (TPSA) is 78.0 Å². The van der Waals surface area contributed by atoms with Crippen molar-refractivity contribution in [1.82, 2.24) is 19.4 Å². The van der Waals surface area contributed by atoms with Gasteiger partial charge in [0, 0.05) is 38.3 Å². The van der Waals surface area contributed by atoms with Crippen LogP contribution in [0.1, 0.15) is 69.3 Å². The van der Waals surface area contributed by atoms with Crippen molar-refractivity contribution in [2.75, 3.05) is 18.0 Å². The van der Waals surface area contributed by atoms with Crippen molar-refractivity contribution in [1.29, 1.82) is 5.26 Å². The first-order valence-electron chi connectivity index (χ1n) is 13.1. The smallest absolute Gasteiger partial charge is 0.349 e. The summed E-state index contributed by atoms with van der Waals surface area (Å²) in [6, 6.07) is 11.0. The zero-order valence-corrected chi connectivity index (χ0v) is 22.2. The largest absolute Gasteiger partial charge is 0.416 e. The molecular weight excluding hydrogens is 493 g/mol. The average molecular weight is 527 g/mol. The molecule has 0 spiro atoms. The van der Waals surface area contributed by atoms with Gasteiger partial charge in [0.2, 0.25) is 0 Å². The van der Waals surface area contributed by atoms with E-state index < -0.39 is 17.4 Å². The lowest BCUT2D eigenvalue weighted by Gasteiger charge is -2.50. The number of aryl methyl sites for hydroxylation is 1. The SMILES string of the molecule is CCC[C@H](c1ccc(C(F)(F)F)cc1)N1C[C@H](CC)N(c2nc(=O)n(C)c3ccc(C#N)nc23)C[C@H]1CC. The zero-order chi connectivity index (χ0) is 27.6. The van der Waals surface area contributed by atoms with Gasteiger partial charge in [0.25, 0.3) is 0 Å². The zero-order valence-electron chi connectivity index (χ0n) is 22.2. The summed E-state index contributed by atoms with van der Waals surface area (Å²) in [6.07, 6.45) is -1.08. The highest BCUT2D eigenvalue weighted by Gasteiger charge is 2.38. The summed E-state index contributed by atoms with van der Waals surface area (Å²) in [5.41, 5.74) is 1.21. The molecule has 3 heterocycles. The number of halogens is 3. The second kappa shape index (κ2) is 11.1. The van der Waals surface area contributed by atoms with Crippen LogP contribution in [0.5, 0.6) is 0 Å². The second-order valence-corrected chi connectivity index (χ2v) is 9.85. The number of rotatable bonds is 7. The standard InChI is InChI=1S/C28H33F3N6O/c1-5-8-23(18-9-11-19(12-10-18)28(29,30)31)36-16-22(7-3)37(17-21(36)6-2)26-25-24(35(4)27(38)34-26)14-13-20(15-32)33-25/h9-14,21-23H,5-8,16-17H2,1-4H3/t21-,22+,23-/m1/s1. The number of hydrogen-bond acceptors (Lipinski definition) is 6. The molecule has 0 saturated carbocycles. The van der Waals surface area contributed by atoms with Gasteiger partial charge in [-0.25, -0.2) is 9.78 Å². The van der Waals surface area contributed by atoms with Gasteiger partial charge in [-0.2, -0.15) is 23.4 Å². The highest BCUT2D eigenvalue weighted by Crippen LogP contribution is 2.37. The fraction of sp³-hybridized carbons (Fsp3) is 0.500. The molecule has 0 radical (unpaired) electrons. The lowest BCUT2D eigenvalue weighted by Crippen LogP contribution is -2.59. The quantitative estimate of drug-likeness (QED) is 0.408. The maximum atomic E-state index is 13.2. The van der Waals surface area contributed by atoms with Crippen molar-refractivity contribution in [2.45, 2.75) is 70.8 Å². The molecule has 1 fully saturated rings. The van der Waals surface area contributed by atoms with Crippen LogP contribution >= 0.6 is 0 Å². The van der Waals surface area contributed by atoms with Gasteiger partial charge in [-0.05, 0) is 49.1 Å². The van der Waals surface area contributed by atoms with Crippen molar-refractivity contribution >= 4 is 16.9 Å². The molecule has 3 atom stereocenters. The summed E-state index contributed by atoms with van der Waals surface area (Å²) in [7, 11) is 1.64. The van der Waals surface area contributed by atoms with E-state index in [9.17, 15) is 23.2 Å². The molecule has 0 aliphatic carbocycles. The summed E-state index contributed by atoms with van der Waals surface area (Å²) in [4.78, 5) is 26.2. The maximum absolute atomic E-state index is 13.2. The fourth-order valence-corrected chi connectivity index (χ4v) is 5.49. The maximum Gasteiger partial charge on any atom is 0.416 e. The van der Waals surface area contributed by atoms with E-state index in [1.54, 1.807) is 31.3 Å². The number of hydrogen-bond donors (Lipinski definition) is 0. The molecule has 7 nitrogen and oxygen atoms in total. The van der Waals surface area contributed by atoms with Crippen LogP contribution in [-0.2, 0) is 13.2 Å². The third-order valence-corrected chi connectivity index (χ3v) is 7.59. The minimum Gasteiger partial charge on any atom is -0.349 e. The molecule has 1 aliphatic heterocycles. The van der Waals surface area contributed by atoms with E-state index in [-0.39, 0.29) is 23.8 Å². The van der Waals surface area contributed by atoms with Crippen molar-refractivity contribution in [3.8, 4) is 6.07 Å². The number of piperazine rings is 1. The van der Waals surface area contributed by atoms with E-state index in [1.165, 1.54) is 16.7 Å². The Hall–Kier alpha value is -3.45. The van der Waals surface area contributed by atoms with Crippen LogP contribution in [0.4, 0.5) is 19.0 Å². The predicted octanol–water partition coefficient (Wildman–Crippen LogP) is 5.44. The van der Waals surface area contributed by atoms with Crippen molar-refractivity contribution in [3.05, 3.63) is 63.7 Å². The number of alkyl halides is 3. The lowest BCUT2D eigenvalue weighted by atomic mass is 9.93. The van der Waals surface area contributed by atoms with E-state index in [1.807, 2.05) is 0 Å². The first-order valence-corrected chi connectivity index (χ1v) is 13.1. The summed E-state index contributed by atoms with van der Waals surface area (Å²) in [6.45, 7) is 7.51. The van der Waals surface area contributed by atoms with Gasteiger partial charge in [0.1, 0.15) is 17.3 Å². The van der Waals surface area contributed by atoms with Crippen LogP contribution in [0.15, 0.2) is 41.2 Å². The molecule has 3 aromatic rings. The molecule has 1 aliphatic rings. The number of nitrogens with zero attached hydrogens (tertiary/aromatic N) is 6. The van der Waals surface area contributed by atoms with E-state index in [4.69, 9.17) is 0 Å². The summed E-state index contributed by atoms with van der Waals surface area (Å²) in [5, 5.41) is 9.43. The van der Waals surface area contributed by atoms with Gasteiger partial charge in [-0.1, -0.05) is 39.3 Å². The third-order valence-electron chi connectivity index (χ3n) is 7.59. The Balaban J connectivity index is 1.74.